The highest BCUT2D eigenvalue weighted by Gasteiger charge is 2.15. The van der Waals surface area contributed by atoms with E-state index in [0.717, 1.165) is 11.1 Å². The highest BCUT2D eigenvalue weighted by molar-refractivity contribution is 9.09. The fraction of sp³-hybridized carbons (Fsp3) is 0.125. The van der Waals surface area contributed by atoms with Crippen LogP contribution in [0.3, 0.4) is 0 Å². The lowest BCUT2D eigenvalue weighted by molar-refractivity contribution is -0.120. The molecule has 0 saturated heterocycles. The van der Waals surface area contributed by atoms with Gasteiger partial charge in [0.2, 0.25) is 5.91 Å². The van der Waals surface area contributed by atoms with E-state index in [0.29, 0.717) is 12.1 Å². The molecular weight excluding hydrogens is 316 g/mol. The fourth-order valence-electron chi connectivity index (χ4n) is 1.75. The molecule has 0 aliphatic heterocycles. The molecule has 1 atom stereocenters. The molecular formula is C16H13BrN2O. The zero-order valence-corrected chi connectivity index (χ0v) is 12.3. The van der Waals surface area contributed by atoms with Crippen molar-refractivity contribution in [2.75, 3.05) is 0 Å². The van der Waals surface area contributed by atoms with Crippen LogP contribution in [0, 0.1) is 11.3 Å². The molecule has 100 valence electrons. The van der Waals surface area contributed by atoms with Gasteiger partial charge in [-0.3, -0.25) is 4.79 Å². The molecule has 0 aliphatic carbocycles. The number of hydrogen-bond donors (Lipinski definition) is 1. The monoisotopic (exact) mass is 328 g/mol. The average molecular weight is 329 g/mol. The van der Waals surface area contributed by atoms with E-state index in [1.807, 2.05) is 42.5 Å². The molecule has 1 amide bonds. The van der Waals surface area contributed by atoms with Crippen LogP contribution in [0.15, 0.2) is 54.6 Å². The van der Waals surface area contributed by atoms with Crippen LogP contribution in [0.25, 0.3) is 0 Å². The maximum Gasteiger partial charge on any atom is 0.238 e. The number of halogens is 1. The second kappa shape index (κ2) is 6.88. The molecule has 0 fully saturated rings. The van der Waals surface area contributed by atoms with E-state index in [2.05, 4.69) is 27.3 Å². The molecule has 0 radical (unpaired) electrons. The zero-order valence-electron chi connectivity index (χ0n) is 10.7. The molecule has 0 unspecified atom stereocenters. The van der Waals surface area contributed by atoms with E-state index in [9.17, 15) is 4.79 Å². The van der Waals surface area contributed by atoms with Crippen molar-refractivity contribution < 1.29 is 4.79 Å². The minimum atomic E-state index is -0.359. The van der Waals surface area contributed by atoms with Crippen LogP contribution in [0.1, 0.15) is 21.5 Å². The topological polar surface area (TPSA) is 52.9 Å². The molecule has 0 spiro atoms. The maximum atomic E-state index is 12.0. The van der Waals surface area contributed by atoms with Gasteiger partial charge in [-0.15, -0.1) is 0 Å². The van der Waals surface area contributed by atoms with E-state index in [-0.39, 0.29) is 10.7 Å². The Hall–Kier alpha value is -2.12. The lowest BCUT2D eigenvalue weighted by atomic mass is 10.1. The van der Waals surface area contributed by atoms with Gasteiger partial charge in [-0.2, -0.15) is 5.26 Å². The minimum Gasteiger partial charge on any atom is -0.351 e. The number of amides is 1. The van der Waals surface area contributed by atoms with Crippen molar-refractivity contribution in [1.29, 1.82) is 5.26 Å². The standard InChI is InChI=1S/C16H13BrN2O/c17-15(14-4-2-1-3-5-14)16(20)19-11-13-8-6-12(10-18)7-9-13/h1-9,15H,11H2,(H,19,20)/t15-/m0/s1. The van der Waals surface area contributed by atoms with Crippen LogP contribution in [-0.2, 0) is 11.3 Å². The Labute approximate surface area is 126 Å². The summed E-state index contributed by atoms with van der Waals surface area (Å²) in [4.78, 5) is 11.7. The quantitative estimate of drug-likeness (QED) is 0.875. The molecule has 0 aromatic heterocycles. The maximum absolute atomic E-state index is 12.0. The Morgan fingerprint density at radius 3 is 2.40 bits per heavy atom. The van der Waals surface area contributed by atoms with Gasteiger partial charge in [-0.1, -0.05) is 58.4 Å². The first-order valence-electron chi connectivity index (χ1n) is 6.16. The molecule has 0 bridgehead atoms. The van der Waals surface area contributed by atoms with Crippen molar-refractivity contribution in [3.63, 3.8) is 0 Å². The Bertz CT molecular complexity index is 617. The number of rotatable bonds is 4. The Kier molecular flexibility index (Phi) is 4.91. The summed E-state index contributed by atoms with van der Waals surface area (Å²) in [7, 11) is 0. The summed E-state index contributed by atoms with van der Waals surface area (Å²) in [6.07, 6.45) is 0. The van der Waals surface area contributed by atoms with Crippen LogP contribution in [0.4, 0.5) is 0 Å². The van der Waals surface area contributed by atoms with Crippen molar-refractivity contribution in [1.82, 2.24) is 5.32 Å². The van der Waals surface area contributed by atoms with Gasteiger partial charge < -0.3 is 5.32 Å². The van der Waals surface area contributed by atoms with Gasteiger partial charge in [0.05, 0.1) is 11.6 Å². The molecule has 20 heavy (non-hydrogen) atoms. The summed E-state index contributed by atoms with van der Waals surface area (Å²) >= 11 is 3.39. The van der Waals surface area contributed by atoms with Gasteiger partial charge in [0.1, 0.15) is 4.83 Å². The van der Waals surface area contributed by atoms with Crippen molar-refractivity contribution in [2.24, 2.45) is 0 Å². The van der Waals surface area contributed by atoms with Crippen LogP contribution < -0.4 is 5.32 Å². The third-order valence-electron chi connectivity index (χ3n) is 2.87. The lowest BCUT2D eigenvalue weighted by Crippen LogP contribution is -2.26. The van der Waals surface area contributed by atoms with Crippen molar-refractivity contribution in [3.05, 3.63) is 71.3 Å². The second-order valence-electron chi connectivity index (χ2n) is 4.30. The molecule has 1 N–H and O–H groups in total. The summed E-state index contributed by atoms with van der Waals surface area (Å²) in [6, 6.07) is 18.7. The van der Waals surface area contributed by atoms with E-state index >= 15 is 0 Å². The van der Waals surface area contributed by atoms with Crippen LogP contribution in [0.2, 0.25) is 0 Å². The molecule has 2 aromatic rings. The lowest BCUT2D eigenvalue weighted by Gasteiger charge is -2.11. The van der Waals surface area contributed by atoms with Crippen LogP contribution >= 0.6 is 15.9 Å². The van der Waals surface area contributed by atoms with E-state index in [1.54, 1.807) is 12.1 Å². The molecule has 2 rings (SSSR count). The van der Waals surface area contributed by atoms with E-state index < -0.39 is 0 Å². The molecule has 2 aromatic carbocycles. The average Bonchev–Trinajstić information content (AvgIpc) is 2.53. The molecule has 4 heteroatoms. The Balaban J connectivity index is 1.93. The van der Waals surface area contributed by atoms with Crippen molar-refractivity contribution in [3.8, 4) is 6.07 Å². The zero-order chi connectivity index (χ0) is 14.4. The second-order valence-corrected chi connectivity index (χ2v) is 5.22. The number of nitrogens with one attached hydrogen (secondary N) is 1. The number of carbonyl (C=O) groups excluding carboxylic acids is 1. The van der Waals surface area contributed by atoms with Crippen molar-refractivity contribution >= 4 is 21.8 Å². The van der Waals surface area contributed by atoms with Gasteiger partial charge >= 0.3 is 0 Å². The predicted octanol–water partition coefficient (Wildman–Crippen LogP) is 3.31. The number of hydrogen-bond acceptors (Lipinski definition) is 2. The summed E-state index contributed by atoms with van der Waals surface area (Å²) in [6.45, 7) is 0.444. The first kappa shape index (κ1) is 14.3. The summed E-state index contributed by atoms with van der Waals surface area (Å²) in [5, 5.41) is 11.6. The number of carbonyl (C=O) groups is 1. The number of nitriles is 1. The number of nitrogens with zero attached hydrogens (tertiary/aromatic N) is 1. The van der Waals surface area contributed by atoms with Gasteiger partial charge in [0.25, 0.3) is 0 Å². The number of alkyl halides is 1. The van der Waals surface area contributed by atoms with Crippen molar-refractivity contribution in [2.45, 2.75) is 11.4 Å². The highest BCUT2D eigenvalue weighted by Crippen LogP contribution is 2.22. The Morgan fingerprint density at radius 1 is 1.15 bits per heavy atom. The molecule has 0 saturated carbocycles. The minimum absolute atomic E-state index is 0.0828. The first-order chi connectivity index (χ1) is 9.70. The predicted molar refractivity (Wildman–Crippen MR) is 81.1 cm³/mol. The molecule has 3 nitrogen and oxygen atoms in total. The summed E-state index contributed by atoms with van der Waals surface area (Å²) in [5.41, 5.74) is 2.50. The molecule has 0 aliphatic rings. The third-order valence-corrected chi connectivity index (χ3v) is 3.82. The SMILES string of the molecule is N#Cc1ccc(CNC(=O)[C@@H](Br)c2ccccc2)cc1. The Morgan fingerprint density at radius 2 is 1.80 bits per heavy atom. The normalized spacial score (nSPS) is 11.4. The third kappa shape index (κ3) is 3.69. The van der Waals surface area contributed by atoms with Gasteiger partial charge in [-0.05, 0) is 23.3 Å². The van der Waals surface area contributed by atoms with Gasteiger partial charge in [0, 0.05) is 6.54 Å². The molecule has 0 heterocycles. The first-order valence-corrected chi connectivity index (χ1v) is 7.08. The number of benzene rings is 2. The fourth-order valence-corrected chi connectivity index (χ4v) is 2.22. The van der Waals surface area contributed by atoms with E-state index in [1.165, 1.54) is 0 Å². The smallest absolute Gasteiger partial charge is 0.238 e. The highest BCUT2D eigenvalue weighted by atomic mass is 79.9. The largest absolute Gasteiger partial charge is 0.351 e. The summed E-state index contributed by atoms with van der Waals surface area (Å²) in [5.74, 6) is -0.0828. The van der Waals surface area contributed by atoms with Gasteiger partial charge in [-0.25, -0.2) is 0 Å². The van der Waals surface area contributed by atoms with Gasteiger partial charge in [0.15, 0.2) is 0 Å². The van der Waals surface area contributed by atoms with Crippen LogP contribution in [0.5, 0.6) is 0 Å². The summed E-state index contributed by atoms with van der Waals surface area (Å²) < 4.78 is 0. The van der Waals surface area contributed by atoms with E-state index in [4.69, 9.17) is 5.26 Å². The van der Waals surface area contributed by atoms with Crippen LogP contribution in [-0.4, -0.2) is 5.91 Å².